The maximum atomic E-state index is 12.4. The van der Waals surface area contributed by atoms with Gasteiger partial charge in [0.25, 0.3) is 0 Å². The van der Waals surface area contributed by atoms with Gasteiger partial charge in [-0.25, -0.2) is 0 Å². The molecule has 0 saturated carbocycles. The average Bonchev–Trinajstić information content (AvgIpc) is 2.97. The Morgan fingerprint density at radius 1 is 1.29 bits per heavy atom. The quantitative estimate of drug-likeness (QED) is 0.859. The summed E-state index contributed by atoms with van der Waals surface area (Å²) in [5, 5.41) is 2.85. The molecule has 1 amide bonds. The summed E-state index contributed by atoms with van der Waals surface area (Å²) in [6, 6.07) is 6.02. The Hall–Kier alpha value is -1.07. The van der Waals surface area contributed by atoms with E-state index in [-0.39, 0.29) is 11.2 Å². The average molecular weight is 322 g/mol. The van der Waals surface area contributed by atoms with Gasteiger partial charge in [0.05, 0.1) is 5.25 Å². The van der Waals surface area contributed by atoms with Gasteiger partial charge < -0.3 is 10.2 Å². The minimum absolute atomic E-state index is 0.0129. The van der Waals surface area contributed by atoms with Crippen molar-refractivity contribution >= 4 is 39.9 Å². The highest BCUT2D eigenvalue weighted by Gasteiger charge is 2.21. The molecule has 1 N–H and O–H groups in total. The van der Waals surface area contributed by atoms with Crippen LogP contribution in [0.4, 0.5) is 5.69 Å². The Bertz CT molecular complexity index is 519. The zero-order chi connectivity index (χ0) is 15.4. The first-order valence-corrected chi connectivity index (χ1v) is 8.60. The number of aryl methyl sites for hydroxylation is 2. The van der Waals surface area contributed by atoms with Gasteiger partial charge in [-0.15, -0.1) is 0 Å². The van der Waals surface area contributed by atoms with Crippen LogP contribution in [0, 0.1) is 13.8 Å². The maximum Gasteiger partial charge on any atom is 0.237 e. The third-order valence-electron chi connectivity index (χ3n) is 3.74. The normalized spacial score (nSPS) is 15.9. The largest absolute Gasteiger partial charge is 0.358 e. The molecule has 1 aliphatic rings. The third kappa shape index (κ3) is 4.20. The van der Waals surface area contributed by atoms with Gasteiger partial charge in [0.1, 0.15) is 4.32 Å². The Morgan fingerprint density at radius 3 is 2.43 bits per heavy atom. The number of nitrogens with zero attached hydrogens (tertiary/aromatic N) is 1. The van der Waals surface area contributed by atoms with E-state index in [1.54, 1.807) is 0 Å². The zero-order valence-electron chi connectivity index (χ0n) is 12.8. The predicted octanol–water partition coefficient (Wildman–Crippen LogP) is 3.74. The van der Waals surface area contributed by atoms with E-state index in [0.717, 1.165) is 34.2 Å². The van der Waals surface area contributed by atoms with E-state index in [4.69, 9.17) is 12.2 Å². The Kier molecular flexibility index (Phi) is 5.65. The number of nitrogens with one attached hydrogen (secondary N) is 1. The second-order valence-electron chi connectivity index (χ2n) is 5.48. The summed E-state index contributed by atoms with van der Waals surface area (Å²) in [6.45, 7) is 7.98. The monoisotopic (exact) mass is 322 g/mol. The van der Waals surface area contributed by atoms with Gasteiger partial charge in [-0.3, -0.25) is 4.79 Å². The number of benzene rings is 1. The van der Waals surface area contributed by atoms with Gasteiger partial charge in [-0.05, 0) is 44.7 Å². The molecule has 0 radical (unpaired) electrons. The van der Waals surface area contributed by atoms with Crippen molar-refractivity contribution < 1.29 is 4.79 Å². The number of para-hydroxylation sites is 1. The molecule has 1 aromatic rings. The van der Waals surface area contributed by atoms with Crippen molar-refractivity contribution in [1.29, 1.82) is 0 Å². The lowest BCUT2D eigenvalue weighted by molar-refractivity contribution is -0.115. The van der Waals surface area contributed by atoms with Crippen molar-refractivity contribution in [3.05, 3.63) is 29.3 Å². The van der Waals surface area contributed by atoms with Crippen LogP contribution in [0.15, 0.2) is 18.2 Å². The van der Waals surface area contributed by atoms with Crippen LogP contribution < -0.4 is 5.32 Å². The van der Waals surface area contributed by atoms with E-state index in [9.17, 15) is 4.79 Å². The topological polar surface area (TPSA) is 32.3 Å². The molecule has 3 nitrogen and oxygen atoms in total. The molecule has 0 bridgehead atoms. The van der Waals surface area contributed by atoms with Gasteiger partial charge in [-0.1, -0.05) is 42.2 Å². The standard InChI is InChI=1S/C16H22N2OS2/c1-11-7-6-8-12(2)14(11)17-15(19)13(3)21-16(20)18-9-4-5-10-18/h6-8,13H,4-5,9-10H2,1-3H3,(H,17,19)/t13-/m1/s1. The molecular weight excluding hydrogens is 300 g/mol. The Labute approximate surface area is 136 Å². The Morgan fingerprint density at radius 2 is 1.86 bits per heavy atom. The SMILES string of the molecule is Cc1cccc(C)c1NC(=O)[C@@H](C)SC(=S)N1CCCC1. The van der Waals surface area contributed by atoms with Crippen LogP contribution in [-0.2, 0) is 4.79 Å². The Balaban J connectivity index is 1.94. The third-order valence-corrected chi connectivity index (χ3v) is 5.31. The number of amides is 1. The number of carbonyl (C=O) groups is 1. The summed E-state index contributed by atoms with van der Waals surface area (Å²) < 4.78 is 0.844. The van der Waals surface area contributed by atoms with Gasteiger partial charge in [0.2, 0.25) is 5.91 Å². The van der Waals surface area contributed by atoms with Crippen LogP contribution in [0.25, 0.3) is 0 Å². The summed E-state index contributed by atoms with van der Waals surface area (Å²) in [7, 11) is 0. The van der Waals surface area contributed by atoms with Crippen LogP contribution in [0.2, 0.25) is 0 Å². The number of hydrogen-bond donors (Lipinski definition) is 1. The first-order valence-electron chi connectivity index (χ1n) is 7.31. The lowest BCUT2D eigenvalue weighted by Gasteiger charge is -2.21. The second-order valence-corrected chi connectivity index (χ2v) is 7.45. The fourth-order valence-corrected chi connectivity index (χ4v) is 3.83. The van der Waals surface area contributed by atoms with Crippen molar-refractivity contribution in [3.63, 3.8) is 0 Å². The van der Waals surface area contributed by atoms with Crippen molar-refractivity contribution in [2.75, 3.05) is 18.4 Å². The summed E-state index contributed by atoms with van der Waals surface area (Å²) in [5.74, 6) is 0.0129. The van der Waals surface area contributed by atoms with E-state index < -0.39 is 0 Å². The van der Waals surface area contributed by atoms with Gasteiger partial charge in [0.15, 0.2) is 0 Å². The molecule has 1 heterocycles. The lowest BCUT2D eigenvalue weighted by Crippen LogP contribution is -2.29. The molecule has 1 aromatic carbocycles. The van der Waals surface area contributed by atoms with E-state index in [1.807, 2.05) is 39.0 Å². The smallest absolute Gasteiger partial charge is 0.237 e. The molecule has 1 fully saturated rings. The molecule has 114 valence electrons. The molecule has 21 heavy (non-hydrogen) atoms. The van der Waals surface area contributed by atoms with E-state index in [1.165, 1.54) is 24.6 Å². The summed E-state index contributed by atoms with van der Waals surface area (Å²) in [4.78, 5) is 14.6. The van der Waals surface area contributed by atoms with Crippen LogP contribution in [0.5, 0.6) is 0 Å². The number of carbonyl (C=O) groups excluding carboxylic acids is 1. The number of thiocarbonyl (C=S) groups is 1. The van der Waals surface area contributed by atoms with Crippen molar-refractivity contribution in [3.8, 4) is 0 Å². The molecule has 1 saturated heterocycles. The summed E-state index contributed by atoms with van der Waals surface area (Å²) in [6.07, 6.45) is 2.40. The number of anilines is 1. The van der Waals surface area contributed by atoms with Crippen LogP contribution >= 0.6 is 24.0 Å². The number of hydrogen-bond acceptors (Lipinski definition) is 3. The highest BCUT2D eigenvalue weighted by molar-refractivity contribution is 8.23. The highest BCUT2D eigenvalue weighted by Crippen LogP contribution is 2.24. The maximum absolute atomic E-state index is 12.4. The number of thioether (sulfide) groups is 1. The van der Waals surface area contributed by atoms with E-state index in [2.05, 4.69) is 10.2 Å². The van der Waals surface area contributed by atoms with Crippen molar-refractivity contribution in [1.82, 2.24) is 4.90 Å². The molecule has 1 atom stereocenters. The molecule has 2 rings (SSSR count). The fraction of sp³-hybridized carbons (Fsp3) is 0.500. The lowest BCUT2D eigenvalue weighted by atomic mass is 10.1. The number of rotatable bonds is 3. The minimum atomic E-state index is -0.183. The molecule has 0 spiro atoms. The van der Waals surface area contributed by atoms with Gasteiger partial charge in [-0.2, -0.15) is 0 Å². The first kappa shape index (κ1) is 16.3. The zero-order valence-corrected chi connectivity index (χ0v) is 14.4. The predicted molar refractivity (Wildman–Crippen MR) is 95.0 cm³/mol. The van der Waals surface area contributed by atoms with Crippen molar-refractivity contribution in [2.45, 2.75) is 38.9 Å². The minimum Gasteiger partial charge on any atom is -0.358 e. The van der Waals surface area contributed by atoms with E-state index >= 15 is 0 Å². The summed E-state index contributed by atoms with van der Waals surface area (Å²) in [5.41, 5.74) is 3.09. The first-order chi connectivity index (χ1) is 9.99. The van der Waals surface area contributed by atoms with Crippen LogP contribution in [-0.4, -0.2) is 33.5 Å². The van der Waals surface area contributed by atoms with Crippen LogP contribution in [0.3, 0.4) is 0 Å². The molecular formula is C16H22N2OS2. The molecule has 0 aliphatic carbocycles. The molecule has 1 aliphatic heterocycles. The van der Waals surface area contributed by atoms with E-state index in [0.29, 0.717) is 0 Å². The number of likely N-dealkylation sites (tertiary alicyclic amines) is 1. The van der Waals surface area contributed by atoms with Crippen molar-refractivity contribution in [2.24, 2.45) is 0 Å². The molecule has 5 heteroatoms. The molecule has 0 aromatic heterocycles. The molecule has 0 unspecified atom stereocenters. The van der Waals surface area contributed by atoms with Gasteiger partial charge in [0, 0.05) is 18.8 Å². The summed E-state index contributed by atoms with van der Waals surface area (Å²) >= 11 is 6.92. The highest BCUT2D eigenvalue weighted by atomic mass is 32.2. The second kappa shape index (κ2) is 7.27. The van der Waals surface area contributed by atoms with Gasteiger partial charge >= 0.3 is 0 Å². The van der Waals surface area contributed by atoms with Crippen LogP contribution in [0.1, 0.15) is 30.9 Å². The fourth-order valence-electron chi connectivity index (χ4n) is 2.42.